The second-order valence-electron chi connectivity index (χ2n) is 5.70. The number of amides is 1. The SMILES string of the molecule is CC1(C)CCN(C(=O)C2CNCCN2)CC1. The Labute approximate surface area is 97.8 Å². The van der Waals surface area contributed by atoms with Gasteiger partial charge in [-0.3, -0.25) is 4.79 Å². The molecule has 0 aromatic rings. The van der Waals surface area contributed by atoms with Crippen molar-refractivity contribution in [1.29, 1.82) is 0 Å². The molecule has 2 heterocycles. The molecule has 92 valence electrons. The van der Waals surface area contributed by atoms with Crippen LogP contribution in [0.25, 0.3) is 0 Å². The van der Waals surface area contributed by atoms with Crippen molar-refractivity contribution < 1.29 is 4.79 Å². The van der Waals surface area contributed by atoms with Crippen LogP contribution in [-0.2, 0) is 4.79 Å². The maximum absolute atomic E-state index is 12.2. The Balaban J connectivity index is 1.86. The maximum atomic E-state index is 12.2. The molecule has 1 unspecified atom stereocenters. The number of carbonyl (C=O) groups excluding carboxylic acids is 1. The highest BCUT2D eigenvalue weighted by atomic mass is 16.2. The standard InChI is InChI=1S/C12H23N3O/c1-12(2)3-7-15(8-4-12)11(16)10-9-13-5-6-14-10/h10,13-14H,3-9H2,1-2H3. The van der Waals surface area contributed by atoms with Gasteiger partial charge in [0.25, 0.3) is 0 Å². The van der Waals surface area contributed by atoms with Crippen molar-refractivity contribution in [2.24, 2.45) is 5.41 Å². The Morgan fingerprint density at radius 1 is 1.25 bits per heavy atom. The van der Waals surface area contributed by atoms with Crippen molar-refractivity contribution in [2.75, 3.05) is 32.7 Å². The highest BCUT2D eigenvalue weighted by molar-refractivity contribution is 5.82. The molecule has 16 heavy (non-hydrogen) atoms. The number of likely N-dealkylation sites (tertiary alicyclic amines) is 1. The van der Waals surface area contributed by atoms with Crippen molar-refractivity contribution in [3.63, 3.8) is 0 Å². The van der Waals surface area contributed by atoms with Crippen molar-refractivity contribution in [1.82, 2.24) is 15.5 Å². The molecule has 0 aromatic heterocycles. The van der Waals surface area contributed by atoms with Crippen LogP contribution in [0.15, 0.2) is 0 Å². The topological polar surface area (TPSA) is 44.4 Å². The first-order chi connectivity index (χ1) is 7.58. The van der Waals surface area contributed by atoms with E-state index in [0.29, 0.717) is 5.41 Å². The smallest absolute Gasteiger partial charge is 0.241 e. The number of piperidine rings is 1. The van der Waals surface area contributed by atoms with Crippen LogP contribution < -0.4 is 10.6 Å². The number of nitrogens with one attached hydrogen (secondary N) is 2. The Kier molecular flexibility index (Phi) is 3.50. The Bertz CT molecular complexity index is 249. The predicted molar refractivity (Wildman–Crippen MR) is 64.3 cm³/mol. The molecule has 2 fully saturated rings. The average molecular weight is 225 g/mol. The molecule has 2 aliphatic heterocycles. The average Bonchev–Trinajstić information content (AvgIpc) is 2.29. The lowest BCUT2D eigenvalue weighted by Gasteiger charge is -2.39. The van der Waals surface area contributed by atoms with Crippen molar-refractivity contribution >= 4 is 5.91 Å². The third-order valence-electron chi connectivity index (χ3n) is 3.77. The van der Waals surface area contributed by atoms with Crippen LogP contribution in [0.4, 0.5) is 0 Å². The number of rotatable bonds is 1. The van der Waals surface area contributed by atoms with Crippen molar-refractivity contribution in [2.45, 2.75) is 32.7 Å². The van der Waals surface area contributed by atoms with E-state index in [-0.39, 0.29) is 11.9 Å². The zero-order valence-corrected chi connectivity index (χ0v) is 10.4. The van der Waals surface area contributed by atoms with Gasteiger partial charge in [-0.2, -0.15) is 0 Å². The summed E-state index contributed by atoms with van der Waals surface area (Å²) in [4.78, 5) is 14.2. The fraction of sp³-hybridized carbons (Fsp3) is 0.917. The number of hydrogen-bond donors (Lipinski definition) is 2. The lowest BCUT2D eigenvalue weighted by molar-refractivity contribution is -0.135. The van der Waals surface area contributed by atoms with Gasteiger partial charge in [-0.15, -0.1) is 0 Å². The van der Waals surface area contributed by atoms with Crippen LogP contribution in [0.3, 0.4) is 0 Å². The number of carbonyl (C=O) groups is 1. The molecule has 2 N–H and O–H groups in total. The summed E-state index contributed by atoms with van der Waals surface area (Å²) in [6.45, 7) is 9.06. The second-order valence-corrected chi connectivity index (χ2v) is 5.70. The van der Waals surface area contributed by atoms with Gasteiger partial charge in [-0.25, -0.2) is 0 Å². The number of hydrogen-bond acceptors (Lipinski definition) is 3. The highest BCUT2D eigenvalue weighted by Gasteiger charge is 2.31. The minimum atomic E-state index is -0.00466. The van der Waals surface area contributed by atoms with E-state index in [1.165, 1.54) is 0 Å². The Hall–Kier alpha value is -0.610. The molecule has 4 heteroatoms. The van der Waals surface area contributed by atoms with Gasteiger partial charge in [-0.05, 0) is 18.3 Å². The van der Waals surface area contributed by atoms with Crippen LogP contribution in [0.1, 0.15) is 26.7 Å². The van der Waals surface area contributed by atoms with E-state index < -0.39 is 0 Å². The third-order valence-corrected chi connectivity index (χ3v) is 3.77. The fourth-order valence-electron chi connectivity index (χ4n) is 2.38. The molecule has 2 aliphatic rings. The molecule has 1 amide bonds. The van der Waals surface area contributed by atoms with Gasteiger partial charge in [0.05, 0.1) is 6.04 Å². The predicted octanol–water partition coefficient (Wildman–Crippen LogP) is 0.196. The minimum absolute atomic E-state index is 0.00466. The Morgan fingerprint density at radius 2 is 1.94 bits per heavy atom. The van der Waals surface area contributed by atoms with Gasteiger partial charge in [-0.1, -0.05) is 13.8 Å². The summed E-state index contributed by atoms with van der Waals surface area (Å²) in [6.07, 6.45) is 2.25. The highest BCUT2D eigenvalue weighted by Crippen LogP contribution is 2.29. The van der Waals surface area contributed by atoms with Crippen LogP contribution in [0.5, 0.6) is 0 Å². The molecule has 0 radical (unpaired) electrons. The van der Waals surface area contributed by atoms with Crippen LogP contribution in [0.2, 0.25) is 0 Å². The van der Waals surface area contributed by atoms with Gasteiger partial charge in [0, 0.05) is 32.7 Å². The van der Waals surface area contributed by atoms with Crippen molar-refractivity contribution in [3.8, 4) is 0 Å². The molecule has 1 atom stereocenters. The normalized spacial score (nSPS) is 30.1. The molecular formula is C12H23N3O. The molecule has 2 rings (SSSR count). The maximum Gasteiger partial charge on any atom is 0.241 e. The summed E-state index contributed by atoms with van der Waals surface area (Å²) >= 11 is 0. The summed E-state index contributed by atoms with van der Waals surface area (Å²) in [5, 5.41) is 6.54. The van der Waals surface area contributed by atoms with E-state index >= 15 is 0 Å². The molecule has 4 nitrogen and oxygen atoms in total. The molecule has 0 aliphatic carbocycles. The first-order valence-corrected chi connectivity index (χ1v) is 6.31. The van der Waals surface area contributed by atoms with Crippen LogP contribution in [-0.4, -0.2) is 49.6 Å². The first kappa shape index (κ1) is 11.9. The van der Waals surface area contributed by atoms with E-state index in [1.54, 1.807) is 0 Å². The quantitative estimate of drug-likeness (QED) is 0.670. The van der Waals surface area contributed by atoms with Crippen LogP contribution >= 0.6 is 0 Å². The van der Waals surface area contributed by atoms with Gasteiger partial charge >= 0.3 is 0 Å². The van der Waals surface area contributed by atoms with E-state index in [2.05, 4.69) is 24.5 Å². The third kappa shape index (κ3) is 2.74. The molecule has 0 saturated carbocycles. The second kappa shape index (κ2) is 4.72. The number of piperazine rings is 1. The summed E-state index contributed by atoms with van der Waals surface area (Å²) in [7, 11) is 0. The van der Waals surface area contributed by atoms with Crippen molar-refractivity contribution in [3.05, 3.63) is 0 Å². The summed E-state index contributed by atoms with van der Waals surface area (Å²) < 4.78 is 0. The largest absolute Gasteiger partial charge is 0.341 e. The first-order valence-electron chi connectivity index (χ1n) is 6.31. The molecule has 0 aromatic carbocycles. The zero-order chi connectivity index (χ0) is 11.6. The van der Waals surface area contributed by atoms with Crippen LogP contribution in [0, 0.1) is 5.41 Å². The van der Waals surface area contributed by atoms with Gasteiger partial charge in [0.15, 0.2) is 0 Å². The summed E-state index contributed by atoms with van der Waals surface area (Å²) in [6, 6.07) is -0.00466. The lowest BCUT2D eigenvalue weighted by Crippen LogP contribution is -2.57. The molecule has 2 saturated heterocycles. The van der Waals surface area contributed by atoms with Gasteiger partial charge in [0.1, 0.15) is 0 Å². The summed E-state index contributed by atoms with van der Waals surface area (Å²) in [5.41, 5.74) is 0.412. The Morgan fingerprint density at radius 3 is 2.50 bits per heavy atom. The van der Waals surface area contributed by atoms with E-state index in [9.17, 15) is 4.79 Å². The molecule has 0 spiro atoms. The lowest BCUT2D eigenvalue weighted by atomic mass is 9.82. The van der Waals surface area contributed by atoms with E-state index in [1.807, 2.05) is 4.90 Å². The monoisotopic (exact) mass is 225 g/mol. The molecule has 0 bridgehead atoms. The van der Waals surface area contributed by atoms with E-state index in [4.69, 9.17) is 0 Å². The van der Waals surface area contributed by atoms with Gasteiger partial charge < -0.3 is 15.5 Å². The minimum Gasteiger partial charge on any atom is -0.341 e. The van der Waals surface area contributed by atoms with E-state index in [0.717, 1.165) is 45.6 Å². The number of nitrogens with zero attached hydrogens (tertiary/aromatic N) is 1. The summed E-state index contributed by atoms with van der Waals surface area (Å²) in [5.74, 6) is 0.280. The van der Waals surface area contributed by atoms with Gasteiger partial charge in [0.2, 0.25) is 5.91 Å². The fourth-order valence-corrected chi connectivity index (χ4v) is 2.38. The zero-order valence-electron chi connectivity index (χ0n) is 10.4. The molecular weight excluding hydrogens is 202 g/mol.